The molecule has 1 saturated heterocycles. The van der Waals surface area contributed by atoms with E-state index in [1.54, 1.807) is 12.4 Å². The second kappa shape index (κ2) is 8.35. The second-order valence-electron chi connectivity index (χ2n) is 8.80. The summed E-state index contributed by atoms with van der Waals surface area (Å²) in [6.45, 7) is 2.07. The first kappa shape index (κ1) is 20.5. The maximum absolute atomic E-state index is 12.8. The van der Waals surface area contributed by atoms with Crippen molar-refractivity contribution in [3.05, 3.63) is 66.9 Å². The van der Waals surface area contributed by atoms with Crippen molar-refractivity contribution in [1.29, 1.82) is 0 Å². The highest BCUT2D eigenvalue weighted by molar-refractivity contribution is 6.03. The van der Waals surface area contributed by atoms with Gasteiger partial charge in [0.2, 0.25) is 5.95 Å². The number of pyridine rings is 1. The third kappa shape index (κ3) is 3.90. The monoisotopic (exact) mass is 452 g/mol. The van der Waals surface area contributed by atoms with Crippen LogP contribution in [0.4, 0.5) is 5.95 Å². The molecule has 1 aliphatic rings. The van der Waals surface area contributed by atoms with Crippen LogP contribution in [0.2, 0.25) is 0 Å². The van der Waals surface area contributed by atoms with Crippen LogP contribution in [0.3, 0.4) is 0 Å². The zero-order valence-electron chi connectivity index (χ0n) is 18.8. The summed E-state index contributed by atoms with van der Waals surface area (Å²) in [7, 11) is 2.13. The Morgan fingerprint density at radius 1 is 1.03 bits per heavy atom. The van der Waals surface area contributed by atoms with Gasteiger partial charge in [-0.3, -0.25) is 19.8 Å². The molecule has 0 aliphatic carbocycles. The normalized spacial score (nSPS) is 15.2. The Hall–Kier alpha value is -4.11. The lowest BCUT2D eigenvalue weighted by Crippen LogP contribution is -2.31. The number of hydrogen-bond acceptors (Lipinski definition) is 6. The van der Waals surface area contributed by atoms with Crippen molar-refractivity contribution in [2.24, 2.45) is 0 Å². The molecule has 0 radical (unpaired) electrons. The highest BCUT2D eigenvalue weighted by Gasteiger charge is 2.20. The maximum Gasteiger partial charge on any atom is 0.261 e. The molecule has 6 rings (SSSR count). The average Bonchev–Trinajstić information content (AvgIpc) is 3.54. The standard InChI is InChI=1S/C25H24N8O/c1-32-8-5-20(6-9-32)33-15-19(14-29-33)24(34)31-25-28-12-17-3-2-16(10-22(17)30-25)18-11-23-21(27-13-18)4-7-26-23/h2-4,7,10-15,20,26H,5-6,8-9H2,1H3,(H,28,30,31,34). The molecule has 9 heteroatoms. The van der Waals surface area contributed by atoms with Crippen LogP contribution < -0.4 is 5.32 Å². The highest BCUT2D eigenvalue weighted by atomic mass is 16.1. The number of H-pyrrole nitrogens is 1. The molecule has 0 saturated carbocycles. The Labute approximate surface area is 195 Å². The van der Waals surface area contributed by atoms with Crippen LogP contribution in [0.15, 0.2) is 61.3 Å². The van der Waals surface area contributed by atoms with Crippen LogP contribution in [0.1, 0.15) is 29.2 Å². The van der Waals surface area contributed by atoms with Crippen LogP contribution in [0.25, 0.3) is 33.1 Å². The van der Waals surface area contributed by atoms with E-state index < -0.39 is 0 Å². The van der Waals surface area contributed by atoms with E-state index in [-0.39, 0.29) is 11.9 Å². The van der Waals surface area contributed by atoms with Gasteiger partial charge in [0.15, 0.2) is 0 Å². The van der Waals surface area contributed by atoms with Crippen LogP contribution in [0.5, 0.6) is 0 Å². The maximum atomic E-state index is 12.8. The number of carbonyl (C=O) groups excluding carboxylic acids is 1. The summed E-state index contributed by atoms with van der Waals surface area (Å²) in [6, 6.07) is 10.3. The molecule has 2 N–H and O–H groups in total. The van der Waals surface area contributed by atoms with E-state index in [1.165, 1.54) is 0 Å². The Morgan fingerprint density at radius 3 is 2.79 bits per heavy atom. The van der Waals surface area contributed by atoms with E-state index in [4.69, 9.17) is 0 Å². The molecule has 0 unspecified atom stereocenters. The van der Waals surface area contributed by atoms with Crippen molar-refractivity contribution >= 4 is 33.8 Å². The third-order valence-corrected chi connectivity index (χ3v) is 6.47. The molecule has 1 aliphatic heterocycles. The lowest BCUT2D eigenvalue weighted by atomic mass is 10.1. The van der Waals surface area contributed by atoms with E-state index in [0.717, 1.165) is 59.0 Å². The Balaban J connectivity index is 1.22. The molecular formula is C25H24N8O. The quantitative estimate of drug-likeness (QED) is 0.429. The summed E-state index contributed by atoms with van der Waals surface area (Å²) in [5.41, 5.74) is 5.14. The van der Waals surface area contributed by atoms with Crippen LogP contribution >= 0.6 is 0 Å². The number of piperidine rings is 1. The number of anilines is 1. The minimum Gasteiger partial charge on any atom is -0.360 e. The predicted molar refractivity (Wildman–Crippen MR) is 131 cm³/mol. The van der Waals surface area contributed by atoms with Crippen molar-refractivity contribution in [2.45, 2.75) is 18.9 Å². The number of nitrogens with one attached hydrogen (secondary N) is 2. The van der Waals surface area contributed by atoms with Crippen molar-refractivity contribution < 1.29 is 4.79 Å². The lowest BCUT2D eigenvalue weighted by molar-refractivity contribution is 0.102. The summed E-state index contributed by atoms with van der Waals surface area (Å²) in [5, 5.41) is 8.14. The summed E-state index contributed by atoms with van der Waals surface area (Å²) < 4.78 is 1.91. The van der Waals surface area contributed by atoms with Crippen LogP contribution in [-0.4, -0.2) is 60.7 Å². The van der Waals surface area contributed by atoms with Crippen molar-refractivity contribution in [3.8, 4) is 11.1 Å². The molecular weight excluding hydrogens is 428 g/mol. The molecule has 0 bridgehead atoms. The number of likely N-dealkylation sites (tertiary alicyclic amines) is 1. The Morgan fingerprint density at radius 2 is 1.91 bits per heavy atom. The van der Waals surface area contributed by atoms with Gasteiger partial charge in [0, 0.05) is 35.7 Å². The van der Waals surface area contributed by atoms with Gasteiger partial charge >= 0.3 is 0 Å². The molecule has 1 amide bonds. The van der Waals surface area contributed by atoms with Gasteiger partial charge in [-0.15, -0.1) is 0 Å². The topological polar surface area (TPSA) is 105 Å². The zero-order valence-corrected chi connectivity index (χ0v) is 18.8. The summed E-state index contributed by atoms with van der Waals surface area (Å²) in [4.78, 5) is 31.7. The Bertz CT molecular complexity index is 1500. The first-order valence-electron chi connectivity index (χ1n) is 11.4. The number of aromatic nitrogens is 6. The molecule has 170 valence electrons. The number of rotatable bonds is 4. The zero-order chi connectivity index (χ0) is 23.1. The first-order valence-corrected chi connectivity index (χ1v) is 11.4. The molecule has 1 aromatic carbocycles. The molecule has 5 heterocycles. The van der Waals surface area contributed by atoms with Crippen molar-refractivity contribution in [1.82, 2.24) is 34.6 Å². The van der Waals surface area contributed by atoms with Crippen LogP contribution in [-0.2, 0) is 0 Å². The van der Waals surface area contributed by atoms with Gasteiger partial charge in [0.25, 0.3) is 5.91 Å². The molecule has 9 nitrogen and oxygen atoms in total. The van der Waals surface area contributed by atoms with Gasteiger partial charge < -0.3 is 9.88 Å². The summed E-state index contributed by atoms with van der Waals surface area (Å²) in [5.74, 6) is -0.00397. The molecule has 34 heavy (non-hydrogen) atoms. The number of amides is 1. The third-order valence-electron chi connectivity index (χ3n) is 6.47. The molecule has 0 atom stereocenters. The number of aromatic amines is 1. The second-order valence-corrected chi connectivity index (χ2v) is 8.80. The average molecular weight is 453 g/mol. The molecule has 5 aromatic rings. The fraction of sp³-hybridized carbons (Fsp3) is 0.240. The Kier molecular flexibility index (Phi) is 5.03. The smallest absolute Gasteiger partial charge is 0.261 e. The SMILES string of the molecule is CN1CCC(n2cc(C(=O)Nc3ncc4ccc(-c5cnc6cc[nH]c6c5)cc4n3)cn2)CC1. The summed E-state index contributed by atoms with van der Waals surface area (Å²) >= 11 is 0. The number of nitrogens with zero attached hydrogens (tertiary/aromatic N) is 6. The fourth-order valence-corrected chi connectivity index (χ4v) is 4.44. The molecule has 0 spiro atoms. The largest absolute Gasteiger partial charge is 0.360 e. The van der Waals surface area contributed by atoms with Gasteiger partial charge in [-0.05, 0) is 56.7 Å². The summed E-state index contributed by atoms with van der Waals surface area (Å²) in [6.07, 6.45) is 10.9. The van der Waals surface area contributed by atoms with E-state index in [1.807, 2.05) is 47.5 Å². The minimum atomic E-state index is -0.268. The van der Waals surface area contributed by atoms with Gasteiger partial charge in [-0.1, -0.05) is 12.1 Å². The lowest BCUT2D eigenvalue weighted by Gasteiger charge is -2.28. The highest BCUT2D eigenvalue weighted by Crippen LogP contribution is 2.26. The van der Waals surface area contributed by atoms with Gasteiger partial charge in [0.1, 0.15) is 0 Å². The van der Waals surface area contributed by atoms with Crippen LogP contribution in [0, 0.1) is 0 Å². The van der Waals surface area contributed by atoms with E-state index in [2.05, 4.69) is 48.4 Å². The van der Waals surface area contributed by atoms with E-state index in [9.17, 15) is 4.79 Å². The number of carbonyl (C=O) groups is 1. The molecule has 1 fully saturated rings. The number of fused-ring (bicyclic) bond motifs is 2. The van der Waals surface area contributed by atoms with Gasteiger partial charge in [0.05, 0.1) is 34.4 Å². The van der Waals surface area contributed by atoms with Crippen molar-refractivity contribution in [2.75, 3.05) is 25.5 Å². The predicted octanol–water partition coefficient (Wildman–Crippen LogP) is 3.89. The number of hydrogen-bond donors (Lipinski definition) is 2. The first-order chi connectivity index (χ1) is 16.6. The van der Waals surface area contributed by atoms with Gasteiger partial charge in [-0.25, -0.2) is 9.97 Å². The van der Waals surface area contributed by atoms with E-state index >= 15 is 0 Å². The fourth-order valence-electron chi connectivity index (χ4n) is 4.44. The van der Waals surface area contributed by atoms with Gasteiger partial charge in [-0.2, -0.15) is 5.10 Å². The van der Waals surface area contributed by atoms with Crippen molar-refractivity contribution in [3.63, 3.8) is 0 Å². The molecule has 4 aromatic heterocycles. The minimum absolute atomic E-state index is 0.264. The number of benzene rings is 1. The van der Waals surface area contributed by atoms with E-state index in [0.29, 0.717) is 11.6 Å².